The maximum atomic E-state index is 6.76. The first kappa shape index (κ1) is 60.9. The number of aromatic nitrogens is 4. The number of anilines is 6. The maximum absolute atomic E-state index is 6.76. The van der Waals surface area contributed by atoms with Gasteiger partial charge in [-0.15, -0.1) is 22.7 Å². The molecule has 0 radical (unpaired) electrons. The van der Waals surface area contributed by atoms with Gasteiger partial charge in [-0.05, 0) is 181 Å². The molecular weight excluding hydrogens is 1390 g/mol. The molecule has 110 heavy (non-hydrogen) atoms. The van der Waals surface area contributed by atoms with Crippen molar-refractivity contribution in [3.05, 3.63) is 340 Å². The number of para-hydroxylation sites is 5. The average Bonchev–Trinajstić information content (AvgIpc) is 1.57. The number of thiophene rings is 2. The summed E-state index contributed by atoms with van der Waals surface area (Å²) in [7, 11) is 0. The molecule has 0 bridgehead atoms. The van der Waals surface area contributed by atoms with Gasteiger partial charge in [-0.25, -0.2) is 9.97 Å². The van der Waals surface area contributed by atoms with Gasteiger partial charge in [0.25, 0.3) is 0 Å². The summed E-state index contributed by atoms with van der Waals surface area (Å²) in [4.78, 5) is 14.9. The van der Waals surface area contributed by atoms with Gasteiger partial charge in [0.2, 0.25) is 11.8 Å². The van der Waals surface area contributed by atoms with Crippen molar-refractivity contribution >= 4 is 207 Å². The zero-order chi connectivity index (χ0) is 71.8. The fourth-order valence-corrected chi connectivity index (χ4v) is 19.4. The third-order valence-electron chi connectivity index (χ3n) is 22.1. The second-order valence-corrected chi connectivity index (χ2v) is 30.5. The molecule has 0 N–H and O–H groups in total. The van der Waals surface area contributed by atoms with E-state index in [0.29, 0.717) is 22.9 Å². The van der Waals surface area contributed by atoms with Gasteiger partial charge >= 0.3 is 0 Å². The molecule has 0 fully saturated rings. The van der Waals surface area contributed by atoms with Gasteiger partial charge < -0.3 is 36.6 Å². The van der Waals surface area contributed by atoms with E-state index in [4.69, 9.17) is 27.6 Å². The molecule has 0 aliphatic heterocycles. The number of rotatable bonds is 11. The highest BCUT2D eigenvalue weighted by Crippen LogP contribution is 2.50. The van der Waals surface area contributed by atoms with Crippen molar-refractivity contribution in [1.29, 1.82) is 0 Å². The molecular formula is C98H56N6O4S2. The van der Waals surface area contributed by atoms with Crippen molar-refractivity contribution in [3.8, 4) is 45.4 Å². The van der Waals surface area contributed by atoms with Crippen LogP contribution in [0.15, 0.2) is 357 Å². The average molecular weight is 1450 g/mol. The number of furan rings is 2. The van der Waals surface area contributed by atoms with Crippen LogP contribution in [-0.2, 0) is 0 Å². The van der Waals surface area contributed by atoms with Crippen molar-refractivity contribution in [1.82, 2.24) is 19.1 Å². The predicted octanol–water partition coefficient (Wildman–Crippen LogP) is 28.6. The SMILES string of the molecule is c1ccc(-c2nc3cc4oc5ccc(N(c6ccc7c(c6)sc6cc(-c8cccc(-c9nc%10cc%11c(cc%10o9)oc9ccc(N(c%10ccc%12c(c%10)sc%10ccccc%10%12)c%10cccc%12c%13ccccc%13n(-c%13ccccc%13)c%10%12)cc9%11)c8)ccc67)c6ccc7c(c6)c6ccccc6n7-c6ccccc6)cc5c4cc3o2)cc1. The monoisotopic (exact) mass is 1440 g/mol. The van der Waals surface area contributed by atoms with E-state index in [1.54, 1.807) is 0 Å². The zero-order valence-corrected chi connectivity index (χ0v) is 60.1. The lowest BCUT2D eigenvalue weighted by molar-refractivity contribution is 0.617. The van der Waals surface area contributed by atoms with Crippen LogP contribution in [0.2, 0.25) is 0 Å². The summed E-state index contributed by atoms with van der Waals surface area (Å²) in [6.45, 7) is 0. The molecule has 8 heterocycles. The zero-order valence-electron chi connectivity index (χ0n) is 58.5. The van der Waals surface area contributed by atoms with Gasteiger partial charge in [0.05, 0.1) is 27.8 Å². The highest BCUT2D eigenvalue weighted by Gasteiger charge is 2.27. The number of hydrogen-bond acceptors (Lipinski definition) is 10. The summed E-state index contributed by atoms with van der Waals surface area (Å²) in [5, 5.41) is 13.5. The Morgan fingerprint density at radius 3 is 1.42 bits per heavy atom. The smallest absolute Gasteiger partial charge is 0.227 e. The Bertz CT molecular complexity index is 7950. The van der Waals surface area contributed by atoms with E-state index in [0.717, 1.165) is 150 Å². The standard InChI is InChI=1S/C98H56N6O4S2/c1-4-18-57(19-5-1)97-100-81-55-88-79(54-90(81)107-97)77-49-64(38-44-87(77)105-88)101(63-37-43-84-75(48-63)69-27-11-13-30-82(69)103(84)61-22-6-2-7-23-61)66-35-41-73-71-40-34-59(47-93(71)110-95(73)51-66)58-20-16-21-60(46-58)98-99-80-53-78-76-50-65(39-45-86(76)106-89(78)56-91(80)108-98)102(67-36-42-72-70-28-12-15-33-92(70)109-94(72)52-67)85-32-17-29-74-68-26-10-14-31-83(68)104(96(74)85)62-24-8-3-9-25-62/h1-56H. The number of nitrogens with zero attached hydrogens (tertiary/aromatic N) is 6. The Morgan fingerprint density at radius 2 is 0.691 bits per heavy atom. The molecule has 0 saturated carbocycles. The predicted molar refractivity (Wildman–Crippen MR) is 456 cm³/mol. The summed E-state index contributed by atoms with van der Waals surface area (Å²) in [5.74, 6) is 1.11. The van der Waals surface area contributed by atoms with E-state index in [-0.39, 0.29) is 0 Å². The van der Waals surface area contributed by atoms with Crippen molar-refractivity contribution in [3.63, 3.8) is 0 Å². The molecule has 12 heteroatoms. The molecule has 0 spiro atoms. The molecule has 8 aromatic heterocycles. The summed E-state index contributed by atoms with van der Waals surface area (Å²) in [6.07, 6.45) is 0. The Balaban J connectivity index is 0.592. The minimum absolute atomic E-state index is 0.537. The Kier molecular flexibility index (Phi) is 13.1. The molecule has 0 aliphatic carbocycles. The lowest BCUT2D eigenvalue weighted by atomic mass is 10.0. The van der Waals surface area contributed by atoms with E-state index in [1.807, 2.05) is 65.1 Å². The molecule has 0 amide bonds. The van der Waals surface area contributed by atoms with Gasteiger partial charge in [-0.3, -0.25) is 0 Å². The normalized spacial score (nSPS) is 12.2. The van der Waals surface area contributed by atoms with Gasteiger partial charge in [-0.2, -0.15) is 0 Å². The summed E-state index contributed by atoms with van der Waals surface area (Å²) in [5.41, 5.74) is 22.8. The highest BCUT2D eigenvalue weighted by atomic mass is 32.1. The van der Waals surface area contributed by atoms with Crippen LogP contribution in [0.25, 0.3) is 195 Å². The van der Waals surface area contributed by atoms with E-state index < -0.39 is 0 Å². The molecule has 16 aromatic carbocycles. The van der Waals surface area contributed by atoms with Crippen LogP contribution in [0.4, 0.5) is 34.1 Å². The number of oxazole rings is 2. The second kappa shape index (κ2) is 23.6. The number of hydrogen-bond donors (Lipinski definition) is 0. The molecule has 514 valence electrons. The van der Waals surface area contributed by atoms with Crippen LogP contribution in [0.5, 0.6) is 0 Å². The van der Waals surface area contributed by atoms with Crippen LogP contribution in [0.3, 0.4) is 0 Å². The lowest BCUT2D eigenvalue weighted by Gasteiger charge is -2.27. The summed E-state index contributed by atoms with van der Waals surface area (Å²) >= 11 is 3.64. The quantitative estimate of drug-likeness (QED) is 0.126. The van der Waals surface area contributed by atoms with Crippen LogP contribution in [0, 0.1) is 0 Å². The first-order valence-electron chi connectivity index (χ1n) is 36.8. The van der Waals surface area contributed by atoms with E-state index in [9.17, 15) is 0 Å². The van der Waals surface area contributed by atoms with Crippen molar-refractivity contribution in [2.75, 3.05) is 9.80 Å². The van der Waals surface area contributed by atoms with Gasteiger partial charge in [0.15, 0.2) is 11.2 Å². The molecule has 10 nitrogen and oxygen atoms in total. The van der Waals surface area contributed by atoms with Crippen LogP contribution < -0.4 is 9.80 Å². The number of benzene rings is 16. The highest BCUT2D eigenvalue weighted by molar-refractivity contribution is 7.26. The Labute approximate surface area is 634 Å². The van der Waals surface area contributed by atoms with E-state index in [1.165, 1.54) is 56.5 Å². The van der Waals surface area contributed by atoms with E-state index in [2.05, 4.69) is 316 Å². The van der Waals surface area contributed by atoms with Gasteiger partial charge in [0, 0.05) is 147 Å². The molecule has 24 aromatic rings. The van der Waals surface area contributed by atoms with Crippen LogP contribution in [-0.4, -0.2) is 19.1 Å². The Morgan fingerprint density at radius 1 is 0.236 bits per heavy atom. The minimum Gasteiger partial charge on any atom is -0.456 e. The third kappa shape index (κ3) is 9.40. The lowest BCUT2D eigenvalue weighted by Crippen LogP contribution is -2.11. The van der Waals surface area contributed by atoms with Crippen molar-refractivity contribution in [2.24, 2.45) is 0 Å². The molecule has 24 rings (SSSR count). The first-order valence-corrected chi connectivity index (χ1v) is 38.4. The largest absolute Gasteiger partial charge is 0.456 e. The van der Waals surface area contributed by atoms with Crippen molar-refractivity contribution in [2.45, 2.75) is 0 Å². The molecule has 0 atom stereocenters. The van der Waals surface area contributed by atoms with E-state index >= 15 is 0 Å². The molecule has 0 unspecified atom stereocenters. The summed E-state index contributed by atoms with van der Waals surface area (Å²) < 4.78 is 36.2. The number of fused-ring (bicyclic) bond motifs is 20. The van der Waals surface area contributed by atoms with Gasteiger partial charge in [0.1, 0.15) is 33.4 Å². The molecule has 0 saturated heterocycles. The topological polar surface area (TPSA) is 94.7 Å². The Hall–Kier alpha value is -14.3. The van der Waals surface area contributed by atoms with Crippen LogP contribution in [0.1, 0.15) is 0 Å². The fraction of sp³-hybridized carbons (Fsp3) is 0. The maximum Gasteiger partial charge on any atom is 0.227 e. The van der Waals surface area contributed by atoms with Crippen molar-refractivity contribution < 1.29 is 17.7 Å². The third-order valence-corrected chi connectivity index (χ3v) is 24.3. The first-order chi connectivity index (χ1) is 54.4. The fourth-order valence-electron chi connectivity index (χ4n) is 17.1. The van der Waals surface area contributed by atoms with Gasteiger partial charge in [-0.1, -0.05) is 158 Å². The second-order valence-electron chi connectivity index (χ2n) is 28.4. The summed E-state index contributed by atoms with van der Waals surface area (Å²) in [6, 6.07) is 122. The molecule has 0 aliphatic rings. The van der Waals surface area contributed by atoms with Crippen LogP contribution >= 0.6 is 22.7 Å². The minimum atomic E-state index is 0.537.